The molecule has 1 aromatic carbocycles. The molecule has 0 fully saturated rings. The van der Waals surface area contributed by atoms with Gasteiger partial charge in [0, 0.05) is 12.1 Å². The largest absolute Gasteiger partial charge is 0.351 e. The Kier molecular flexibility index (Phi) is 3.75. The lowest BCUT2D eigenvalue weighted by Crippen LogP contribution is -2.47. The summed E-state index contributed by atoms with van der Waals surface area (Å²) in [5.41, 5.74) is 1.19. The van der Waals surface area contributed by atoms with Gasteiger partial charge in [0.1, 0.15) is 6.54 Å². The SMILES string of the molecule is C=CCNC(=O)CN1C(=O)Cc2ccccc2C1=O. The second-order valence-corrected chi connectivity index (χ2v) is 4.21. The molecule has 0 spiro atoms. The molecule has 1 N–H and O–H groups in total. The lowest BCUT2D eigenvalue weighted by atomic mass is 9.98. The Morgan fingerprint density at radius 1 is 1.37 bits per heavy atom. The predicted octanol–water partition coefficient (Wildman–Crippen LogP) is 0.514. The van der Waals surface area contributed by atoms with E-state index in [4.69, 9.17) is 0 Å². The van der Waals surface area contributed by atoms with Crippen LogP contribution >= 0.6 is 0 Å². The summed E-state index contributed by atoms with van der Waals surface area (Å²) in [4.78, 5) is 36.6. The minimum atomic E-state index is -0.416. The van der Waals surface area contributed by atoms with Gasteiger partial charge in [-0.3, -0.25) is 19.3 Å². The van der Waals surface area contributed by atoms with Crippen LogP contribution in [0.1, 0.15) is 15.9 Å². The van der Waals surface area contributed by atoms with Gasteiger partial charge in [0.2, 0.25) is 11.8 Å². The first kappa shape index (κ1) is 13.0. The Balaban J connectivity index is 2.15. The monoisotopic (exact) mass is 258 g/mol. The molecule has 0 radical (unpaired) electrons. The van der Waals surface area contributed by atoms with Gasteiger partial charge in [-0.25, -0.2) is 0 Å². The van der Waals surface area contributed by atoms with Crippen molar-refractivity contribution in [1.29, 1.82) is 0 Å². The normalized spacial score (nSPS) is 14.0. The fourth-order valence-electron chi connectivity index (χ4n) is 1.95. The summed E-state index contributed by atoms with van der Waals surface area (Å²) in [6.45, 7) is 3.54. The number of fused-ring (bicyclic) bond motifs is 1. The van der Waals surface area contributed by atoms with Gasteiger partial charge in [0.15, 0.2) is 0 Å². The summed E-state index contributed by atoms with van der Waals surface area (Å²) in [6.07, 6.45) is 1.68. The van der Waals surface area contributed by atoms with Crippen LogP contribution in [0.4, 0.5) is 0 Å². The van der Waals surface area contributed by atoms with Crippen molar-refractivity contribution in [3.63, 3.8) is 0 Å². The molecule has 2 rings (SSSR count). The summed E-state index contributed by atoms with van der Waals surface area (Å²) >= 11 is 0. The Bertz CT molecular complexity index is 551. The van der Waals surface area contributed by atoms with E-state index in [2.05, 4.69) is 11.9 Å². The average molecular weight is 258 g/mol. The highest BCUT2D eigenvalue weighted by Gasteiger charge is 2.31. The van der Waals surface area contributed by atoms with Gasteiger partial charge in [-0.2, -0.15) is 0 Å². The number of hydrogen-bond donors (Lipinski definition) is 1. The zero-order valence-corrected chi connectivity index (χ0v) is 10.4. The number of imide groups is 1. The minimum Gasteiger partial charge on any atom is -0.351 e. The van der Waals surface area contributed by atoms with Crippen molar-refractivity contribution in [3.05, 3.63) is 48.0 Å². The average Bonchev–Trinajstić information content (AvgIpc) is 2.41. The van der Waals surface area contributed by atoms with E-state index in [9.17, 15) is 14.4 Å². The van der Waals surface area contributed by atoms with Crippen LogP contribution in [0, 0.1) is 0 Å². The number of carbonyl (C=O) groups excluding carboxylic acids is 3. The molecule has 0 aliphatic carbocycles. The van der Waals surface area contributed by atoms with Crippen LogP contribution in [0.5, 0.6) is 0 Å². The van der Waals surface area contributed by atoms with E-state index in [1.165, 1.54) is 6.08 Å². The van der Waals surface area contributed by atoms with Crippen molar-refractivity contribution in [2.24, 2.45) is 0 Å². The molecule has 1 aliphatic heterocycles. The molecule has 0 bridgehead atoms. The quantitative estimate of drug-likeness (QED) is 0.632. The third kappa shape index (κ3) is 2.70. The number of carbonyl (C=O) groups is 3. The molecule has 0 unspecified atom stereocenters. The number of nitrogens with one attached hydrogen (secondary N) is 1. The summed E-state index contributed by atoms with van der Waals surface area (Å²) in [6, 6.07) is 6.94. The molecule has 0 saturated carbocycles. The number of rotatable bonds is 4. The molecule has 3 amide bonds. The third-order valence-electron chi connectivity index (χ3n) is 2.88. The van der Waals surface area contributed by atoms with Gasteiger partial charge >= 0.3 is 0 Å². The fraction of sp³-hybridized carbons (Fsp3) is 0.214. The van der Waals surface area contributed by atoms with Gasteiger partial charge in [-0.15, -0.1) is 6.58 Å². The Morgan fingerprint density at radius 2 is 2.11 bits per heavy atom. The van der Waals surface area contributed by atoms with Crippen molar-refractivity contribution < 1.29 is 14.4 Å². The summed E-state index contributed by atoms with van der Waals surface area (Å²) in [5.74, 6) is -1.14. The van der Waals surface area contributed by atoms with Crippen LogP contribution < -0.4 is 5.32 Å². The van der Waals surface area contributed by atoms with E-state index in [-0.39, 0.29) is 24.8 Å². The standard InChI is InChI=1S/C14H14N2O3/c1-2-7-15-12(17)9-16-13(18)8-10-5-3-4-6-11(10)14(16)19/h2-6H,1,7-9H2,(H,15,17). The molecule has 0 aromatic heterocycles. The van der Waals surface area contributed by atoms with E-state index in [0.29, 0.717) is 17.7 Å². The summed E-state index contributed by atoms with van der Waals surface area (Å²) < 4.78 is 0. The molecule has 98 valence electrons. The fourth-order valence-corrected chi connectivity index (χ4v) is 1.95. The van der Waals surface area contributed by atoms with E-state index in [1.54, 1.807) is 24.3 Å². The maximum Gasteiger partial charge on any atom is 0.261 e. The Labute approximate surface area is 110 Å². The molecule has 1 heterocycles. The minimum absolute atomic E-state index is 0.149. The Morgan fingerprint density at radius 3 is 2.84 bits per heavy atom. The highest BCUT2D eigenvalue weighted by molar-refractivity contribution is 6.11. The molecule has 1 aromatic rings. The predicted molar refractivity (Wildman–Crippen MR) is 69.4 cm³/mol. The highest BCUT2D eigenvalue weighted by atomic mass is 16.2. The topological polar surface area (TPSA) is 66.5 Å². The first-order chi connectivity index (χ1) is 9.13. The van der Waals surface area contributed by atoms with Gasteiger partial charge in [0.05, 0.1) is 6.42 Å². The lowest BCUT2D eigenvalue weighted by Gasteiger charge is -2.26. The van der Waals surface area contributed by atoms with Crippen LogP contribution in [0.3, 0.4) is 0 Å². The van der Waals surface area contributed by atoms with E-state index >= 15 is 0 Å². The van der Waals surface area contributed by atoms with Crippen LogP contribution in [-0.4, -0.2) is 35.7 Å². The van der Waals surface area contributed by atoms with Crippen molar-refractivity contribution in [3.8, 4) is 0 Å². The molecular weight excluding hydrogens is 244 g/mol. The molecule has 19 heavy (non-hydrogen) atoms. The molecule has 0 saturated heterocycles. The maximum absolute atomic E-state index is 12.1. The maximum atomic E-state index is 12.1. The number of hydrogen-bond acceptors (Lipinski definition) is 3. The second kappa shape index (κ2) is 5.48. The lowest BCUT2D eigenvalue weighted by molar-refractivity contribution is -0.133. The van der Waals surface area contributed by atoms with Gasteiger partial charge < -0.3 is 5.32 Å². The van der Waals surface area contributed by atoms with Crippen LogP contribution in [0.2, 0.25) is 0 Å². The number of amides is 3. The van der Waals surface area contributed by atoms with E-state index < -0.39 is 5.91 Å². The van der Waals surface area contributed by atoms with Crippen LogP contribution in [-0.2, 0) is 16.0 Å². The van der Waals surface area contributed by atoms with Crippen molar-refractivity contribution in [2.45, 2.75) is 6.42 Å². The Hall–Kier alpha value is -2.43. The van der Waals surface area contributed by atoms with Gasteiger partial charge in [-0.05, 0) is 11.6 Å². The van der Waals surface area contributed by atoms with E-state index in [1.807, 2.05) is 0 Å². The smallest absolute Gasteiger partial charge is 0.261 e. The summed E-state index contributed by atoms with van der Waals surface area (Å²) in [7, 11) is 0. The molecule has 1 aliphatic rings. The molecular formula is C14H14N2O3. The molecule has 5 heteroatoms. The first-order valence-corrected chi connectivity index (χ1v) is 5.93. The van der Waals surface area contributed by atoms with Gasteiger partial charge in [0.25, 0.3) is 5.91 Å². The molecule has 0 atom stereocenters. The van der Waals surface area contributed by atoms with Crippen LogP contribution in [0.25, 0.3) is 0 Å². The highest BCUT2D eigenvalue weighted by Crippen LogP contribution is 2.19. The third-order valence-corrected chi connectivity index (χ3v) is 2.88. The number of nitrogens with zero attached hydrogens (tertiary/aromatic N) is 1. The number of benzene rings is 1. The zero-order valence-electron chi connectivity index (χ0n) is 10.4. The van der Waals surface area contributed by atoms with E-state index in [0.717, 1.165) is 4.90 Å². The van der Waals surface area contributed by atoms with Crippen molar-refractivity contribution in [2.75, 3.05) is 13.1 Å². The van der Waals surface area contributed by atoms with Crippen molar-refractivity contribution >= 4 is 17.7 Å². The second-order valence-electron chi connectivity index (χ2n) is 4.21. The van der Waals surface area contributed by atoms with Crippen molar-refractivity contribution in [1.82, 2.24) is 10.2 Å². The van der Waals surface area contributed by atoms with Crippen LogP contribution in [0.15, 0.2) is 36.9 Å². The molecule has 5 nitrogen and oxygen atoms in total. The zero-order chi connectivity index (χ0) is 13.8. The van der Waals surface area contributed by atoms with Gasteiger partial charge in [-0.1, -0.05) is 24.3 Å². The summed E-state index contributed by atoms with van der Waals surface area (Å²) in [5, 5.41) is 2.54. The first-order valence-electron chi connectivity index (χ1n) is 5.93.